The summed E-state index contributed by atoms with van der Waals surface area (Å²) in [5.41, 5.74) is 2.96. The molecule has 3 amide bonds. The fraction of sp³-hybridized carbons (Fsp3) is 0.529. The van der Waals surface area contributed by atoms with E-state index >= 15 is 0 Å². The maximum Gasteiger partial charge on any atom is 0.325 e. The molecule has 2 N–H and O–H groups in total. The summed E-state index contributed by atoms with van der Waals surface area (Å²) >= 11 is 0. The van der Waals surface area contributed by atoms with Gasteiger partial charge in [0.15, 0.2) is 0 Å². The van der Waals surface area contributed by atoms with Gasteiger partial charge >= 0.3 is 6.03 Å². The van der Waals surface area contributed by atoms with Crippen molar-refractivity contribution in [1.82, 2.24) is 10.2 Å². The van der Waals surface area contributed by atoms with Crippen LogP contribution < -0.4 is 10.6 Å². The molecule has 0 bridgehead atoms. The summed E-state index contributed by atoms with van der Waals surface area (Å²) in [6.45, 7) is 7.33. The molecule has 1 fully saturated rings. The summed E-state index contributed by atoms with van der Waals surface area (Å²) in [5.74, 6) is -0.255. The zero-order chi connectivity index (χ0) is 16.1. The van der Waals surface area contributed by atoms with Gasteiger partial charge in [-0.1, -0.05) is 12.5 Å². The normalized spacial score (nSPS) is 18.8. The van der Waals surface area contributed by atoms with Crippen molar-refractivity contribution in [3.63, 3.8) is 0 Å². The number of carbonyl (C=O) groups is 2. The number of anilines is 1. The van der Waals surface area contributed by atoms with Gasteiger partial charge in [0.25, 0.3) is 0 Å². The Bertz CT molecular complexity index is 557. The molecule has 5 heteroatoms. The lowest BCUT2D eigenvalue weighted by molar-refractivity contribution is -0.121. The molecule has 1 aliphatic heterocycles. The number of amides is 3. The van der Waals surface area contributed by atoms with Crippen molar-refractivity contribution in [3.8, 4) is 0 Å². The van der Waals surface area contributed by atoms with E-state index in [9.17, 15) is 9.59 Å². The van der Waals surface area contributed by atoms with E-state index in [2.05, 4.69) is 22.5 Å². The zero-order valence-corrected chi connectivity index (χ0v) is 13.6. The van der Waals surface area contributed by atoms with Crippen molar-refractivity contribution in [2.45, 2.75) is 46.1 Å². The molecule has 1 aromatic carbocycles. The summed E-state index contributed by atoms with van der Waals surface area (Å²) in [4.78, 5) is 26.0. The predicted molar refractivity (Wildman–Crippen MR) is 88.0 cm³/mol. The van der Waals surface area contributed by atoms with Crippen LogP contribution in [0.25, 0.3) is 0 Å². The number of carbonyl (C=O) groups excluding carboxylic acids is 2. The molecule has 0 aliphatic carbocycles. The Morgan fingerprint density at radius 1 is 1.23 bits per heavy atom. The lowest BCUT2D eigenvalue weighted by Gasteiger charge is -2.32. The summed E-state index contributed by atoms with van der Waals surface area (Å²) in [7, 11) is 0. The molecule has 0 saturated carbocycles. The van der Waals surface area contributed by atoms with Crippen LogP contribution in [0.15, 0.2) is 18.2 Å². The molecule has 1 aromatic rings. The third kappa shape index (κ3) is 4.56. The molecule has 5 nitrogen and oxygen atoms in total. The van der Waals surface area contributed by atoms with Crippen molar-refractivity contribution in [2.75, 3.05) is 18.4 Å². The first-order valence-electron chi connectivity index (χ1n) is 7.88. The van der Waals surface area contributed by atoms with Crippen LogP contribution in [0.4, 0.5) is 10.5 Å². The maximum absolute atomic E-state index is 12.0. The van der Waals surface area contributed by atoms with E-state index in [1.807, 2.05) is 32.0 Å². The van der Waals surface area contributed by atoms with E-state index in [4.69, 9.17) is 0 Å². The summed E-state index contributed by atoms with van der Waals surface area (Å²) in [6.07, 6.45) is 3.45. The van der Waals surface area contributed by atoms with Gasteiger partial charge in [0, 0.05) is 11.7 Å². The highest BCUT2D eigenvalue weighted by Gasteiger charge is 2.21. The van der Waals surface area contributed by atoms with E-state index < -0.39 is 6.03 Å². The molecule has 1 unspecified atom stereocenters. The second kappa shape index (κ2) is 7.40. The van der Waals surface area contributed by atoms with Crippen molar-refractivity contribution in [3.05, 3.63) is 29.3 Å². The minimum atomic E-state index is -0.474. The van der Waals surface area contributed by atoms with Gasteiger partial charge in [-0.3, -0.25) is 15.0 Å². The van der Waals surface area contributed by atoms with Crippen LogP contribution in [-0.4, -0.2) is 36.0 Å². The number of nitrogens with zero attached hydrogens (tertiary/aromatic N) is 1. The Morgan fingerprint density at radius 2 is 2.00 bits per heavy atom. The number of aryl methyl sites for hydroxylation is 2. The first-order valence-corrected chi connectivity index (χ1v) is 7.88. The number of urea groups is 1. The fourth-order valence-electron chi connectivity index (χ4n) is 2.72. The second-order valence-corrected chi connectivity index (χ2v) is 6.12. The van der Waals surface area contributed by atoms with Crippen LogP contribution in [0.1, 0.15) is 37.3 Å². The topological polar surface area (TPSA) is 61.4 Å². The quantitative estimate of drug-likeness (QED) is 0.902. The van der Waals surface area contributed by atoms with Crippen LogP contribution >= 0.6 is 0 Å². The molecular weight excluding hydrogens is 278 g/mol. The second-order valence-electron chi connectivity index (χ2n) is 6.12. The minimum absolute atomic E-state index is 0.255. The van der Waals surface area contributed by atoms with Crippen LogP contribution in [0.5, 0.6) is 0 Å². The van der Waals surface area contributed by atoms with E-state index in [0.717, 1.165) is 24.9 Å². The summed E-state index contributed by atoms with van der Waals surface area (Å²) in [6, 6.07) is 5.60. The van der Waals surface area contributed by atoms with Crippen LogP contribution in [0, 0.1) is 13.8 Å². The lowest BCUT2D eigenvalue weighted by Crippen LogP contribution is -2.46. The largest absolute Gasteiger partial charge is 0.325 e. The third-order valence-corrected chi connectivity index (χ3v) is 4.30. The number of piperidine rings is 1. The standard InChI is InChI=1S/C17H25N3O2/c1-12-7-8-15(10-13(12)2)18-17(22)19-16(21)11-20-9-5-4-6-14(20)3/h7-8,10,14H,4-6,9,11H2,1-3H3,(H2,18,19,21,22). The number of nitrogens with one attached hydrogen (secondary N) is 2. The van der Waals surface area contributed by atoms with Gasteiger partial charge in [-0.25, -0.2) is 4.79 Å². The van der Waals surface area contributed by atoms with Crippen LogP contribution in [-0.2, 0) is 4.79 Å². The SMILES string of the molecule is Cc1ccc(NC(=O)NC(=O)CN2CCCCC2C)cc1C. The lowest BCUT2D eigenvalue weighted by atomic mass is 10.0. The van der Waals surface area contributed by atoms with E-state index in [1.165, 1.54) is 12.0 Å². The van der Waals surface area contributed by atoms with Gasteiger partial charge < -0.3 is 5.32 Å². The van der Waals surface area contributed by atoms with Gasteiger partial charge in [0.05, 0.1) is 6.54 Å². The fourth-order valence-corrected chi connectivity index (χ4v) is 2.72. The highest BCUT2D eigenvalue weighted by molar-refractivity contribution is 6.01. The molecule has 1 atom stereocenters. The van der Waals surface area contributed by atoms with E-state index in [0.29, 0.717) is 11.7 Å². The number of hydrogen-bond acceptors (Lipinski definition) is 3. The van der Waals surface area contributed by atoms with Crippen LogP contribution in [0.3, 0.4) is 0 Å². The monoisotopic (exact) mass is 303 g/mol. The number of benzene rings is 1. The Hall–Kier alpha value is -1.88. The Morgan fingerprint density at radius 3 is 2.68 bits per heavy atom. The number of hydrogen-bond donors (Lipinski definition) is 2. The first kappa shape index (κ1) is 16.5. The molecule has 1 heterocycles. The Kier molecular flexibility index (Phi) is 5.55. The smallest absolute Gasteiger partial charge is 0.308 e. The molecule has 2 rings (SSSR count). The first-order chi connectivity index (χ1) is 10.5. The average molecular weight is 303 g/mol. The van der Waals surface area contributed by atoms with Gasteiger partial charge in [-0.05, 0) is 63.4 Å². The third-order valence-electron chi connectivity index (χ3n) is 4.30. The van der Waals surface area contributed by atoms with Crippen molar-refractivity contribution in [2.24, 2.45) is 0 Å². The molecular formula is C17H25N3O2. The highest BCUT2D eigenvalue weighted by atomic mass is 16.2. The van der Waals surface area contributed by atoms with Gasteiger partial charge in [-0.2, -0.15) is 0 Å². The highest BCUT2D eigenvalue weighted by Crippen LogP contribution is 2.16. The number of imide groups is 1. The molecule has 22 heavy (non-hydrogen) atoms. The predicted octanol–water partition coefficient (Wildman–Crippen LogP) is 2.83. The minimum Gasteiger partial charge on any atom is -0.308 e. The molecule has 1 saturated heterocycles. The summed E-state index contributed by atoms with van der Waals surface area (Å²) in [5, 5.41) is 5.10. The molecule has 1 aliphatic rings. The molecule has 0 radical (unpaired) electrons. The van der Waals surface area contributed by atoms with Crippen molar-refractivity contribution in [1.29, 1.82) is 0 Å². The molecule has 120 valence electrons. The van der Waals surface area contributed by atoms with E-state index in [-0.39, 0.29) is 12.5 Å². The van der Waals surface area contributed by atoms with Crippen molar-refractivity contribution >= 4 is 17.6 Å². The Labute approximate surface area is 132 Å². The van der Waals surface area contributed by atoms with Crippen LogP contribution in [0.2, 0.25) is 0 Å². The maximum atomic E-state index is 12.0. The molecule has 0 spiro atoms. The van der Waals surface area contributed by atoms with Gasteiger partial charge in [0.1, 0.15) is 0 Å². The van der Waals surface area contributed by atoms with Gasteiger partial charge in [-0.15, -0.1) is 0 Å². The van der Waals surface area contributed by atoms with Crippen molar-refractivity contribution < 1.29 is 9.59 Å². The number of rotatable bonds is 3. The summed E-state index contributed by atoms with van der Waals surface area (Å²) < 4.78 is 0. The Balaban J connectivity index is 1.83. The van der Waals surface area contributed by atoms with Gasteiger partial charge in [0.2, 0.25) is 5.91 Å². The zero-order valence-electron chi connectivity index (χ0n) is 13.6. The van der Waals surface area contributed by atoms with E-state index in [1.54, 1.807) is 0 Å². The molecule has 0 aromatic heterocycles. The number of likely N-dealkylation sites (tertiary alicyclic amines) is 1. The average Bonchev–Trinajstić information content (AvgIpc) is 2.45.